The van der Waals surface area contributed by atoms with E-state index in [-0.39, 0.29) is 12.3 Å². The molecule has 2 heterocycles. The van der Waals surface area contributed by atoms with Crippen LogP contribution < -0.4 is 10.1 Å². The smallest absolute Gasteiger partial charge is 0.248 e. The van der Waals surface area contributed by atoms with E-state index in [4.69, 9.17) is 4.74 Å². The third-order valence-corrected chi connectivity index (χ3v) is 4.16. The number of hydrogen-bond acceptors (Lipinski definition) is 5. The fourth-order valence-corrected chi connectivity index (χ4v) is 2.81. The highest BCUT2D eigenvalue weighted by Gasteiger charge is 2.17. The zero-order valence-electron chi connectivity index (χ0n) is 16.0. The molecule has 3 rings (SSSR count). The van der Waals surface area contributed by atoms with Crippen LogP contribution >= 0.6 is 0 Å². The Morgan fingerprint density at radius 3 is 2.59 bits per heavy atom. The number of nitrogens with one attached hydrogen (secondary N) is 3. The first-order valence-corrected chi connectivity index (χ1v) is 8.85. The van der Waals surface area contributed by atoms with Gasteiger partial charge in [0.15, 0.2) is 0 Å². The second-order valence-corrected chi connectivity index (χ2v) is 6.83. The number of benzene rings is 1. The predicted octanol–water partition coefficient (Wildman–Crippen LogP) is 2.89. The summed E-state index contributed by atoms with van der Waals surface area (Å²) in [5.74, 6) is 2.10. The number of carbonyl (C=O) groups is 1. The van der Waals surface area contributed by atoms with Crippen molar-refractivity contribution in [2.24, 2.45) is 5.92 Å². The molecule has 0 aliphatic carbocycles. The lowest BCUT2D eigenvalue weighted by Crippen LogP contribution is -2.16. The van der Waals surface area contributed by atoms with Crippen molar-refractivity contribution in [3.8, 4) is 17.0 Å². The van der Waals surface area contributed by atoms with Gasteiger partial charge >= 0.3 is 0 Å². The number of H-pyrrole nitrogens is 2. The highest BCUT2D eigenvalue weighted by Crippen LogP contribution is 2.26. The molecule has 27 heavy (non-hydrogen) atoms. The van der Waals surface area contributed by atoms with Crippen molar-refractivity contribution < 1.29 is 9.53 Å². The lowest BCUT2D eigenvalue weighted by atomic mass is 10.0. The highest BCUT2D eigenvalue weighted by atomic mass is 16.5. The average Bonchev–Trinajstić information content (AvgIpc) is 3.21. The maximum absolute atomic E-state index is 12.5. The van der Waals surface area contributed by atoms with Gasteiger partial charge in [0.2, 0.25) is 11.9 Å². The number of aromatic amines is 2. The SMILES string of the molecule is COc1ccc(-c2n[nH]c(C)c2CC(=O)Nc2n[nH]c(CC(C)C)n2)cc1. The second-order valence-electron chi connectivity index (χ2n) is 6.83. The first kappa shape index (κ1) is 18.6. The van der Waals surface area contributed by atoms with E-state index in [1.165, 1.54) is 0 Å². The van der Waals surface area contributed by atoms with Gasteiger partial charge in [-0.05, 0) is 37.1 Å². The number of hydrogen-bond donors (Lipinski definition) is 3. The maximum atomic E-state index is 12.5. The van der Waals surface area contributed by atoms with Crippen LogP contribution in [0.2, 0.25) is 0 Å². The second kappa shape index (κ2) is 8.03. The molecule has 2 aromatic heterocycles. The van der Waals surface area contributed by atoms with Crippen molar-refractivity contribution in [3.05, 3.63) is 41.3 Å². The minimum atomic E-state index is -0.190. The van der Waals surface area contributed by atoms with Gasteiger partial charge in [-0.15, -0.1) is 5.10 Å². The third-order valence-electron chi connectivity index (χ3n) is 4.16. The maximum Gasteiger partial charge on any atom is 0.248 e. The van der Waals surface area contributed by atoms with Gasteiger partial charge in [-0.25, -0.2) is 0 Å². The standard InChI is InChI=1S/C19H24N6O2/c1-11(2)9-16-20-19(25-23-16)21-17(26)10-15-12(3)22-24-18(15)13-5-7-14(27-4)8-6-13/h5-8,11H,9-10H2,1-4H3,(H,22,24)(H2,20,21,23,25,26). The van der Waals surface area contributed by atoms with Crippen molar-refractivity contribution in [2.45, 2.75) is 33.6 Å². The van der Waals surface area contributed by atoms with Crippen LogP contribution in [0.1, 0.15) is 30.9 Å². The Morgan fingerprint density at radius 2 is 1.93 bits per heavy atom. The Balaban J connectivity index is 1.72. The van der Waals surface area contributed by atoms with E-state index in [0.717, 1.165) is 40.5 Å². The van der Waals surface area contributed by atoms with E-state index in [1.807, 2.05) is 31.2 Å². The van der Waals surface area contributed by atoms with E-state index in [9.17, 15) is 4.79 Å². The van der Waals surface area contributed by atoms with Crippen LogP contribution in [0.25, 0.3) is 11.3 Å². The third kappa shape index (κ3) is 4.52. The molecular formula is C19H24N6O2. The van der Waals surface area contributed by atoms with Gasteiger partial charge in [0, 0.05) is 23.2 Å². The molecule has 8 heteroatoms. The zero-order valence-corrected chi connectivity index (χ0v) is 16.0. The molecular weight excluding hydrogens is 344 g/mol. The van der Waals surface area contributed by atoms with E-state index in [0.29, 0.717) is 11.9 Å². The number of methoxy groups -OCH3 is 1. The van der Waals surface area contributed by atoms with E-state index < -0.39 is 0 Å². The van der Waals surface area contributed by atoms with Crippen LogP contribution in [0.15, 0.2) is 24.3 Å². The molecule has 1 amide bonds. The lowest BCUT2D eigenvalue weighted by Gasteiger charge is -2.05. The number of carbonyl (C=O) groups excluding carboxylic acids is 1. The van der Waals surface area contributed by atoms with Crippen molar-refractivity contribution >= 4 is 11.9 Å². The summed E-state index contributed by atoms with van der Waals surface area (Å²) in [6.45, 7) is 6.10. The summed E-state index contributed by atoms with van der Waals surface area (Å²) in [6, 6.07) is 7.58. The van der Waals surface area contributed by atoms with Gasteiger partial charge in [-0.1, -0.05) is 13.8 Å². The number of aromatic nitrogens is 5. The molecule has 0 radical (unpaired) electrons. The van der Waals surface area contributed by atoms with Gasteiger partial charge in [0.25, 0.3) is 0 Å². The van der Waals surface area contributed by atoms with Crippen LogP contribution in [0.3, 0.4) is 0 Å². The van der Waals surface area contributed by atoms with Gasteiger partial charge in [0.05, 0.1) is 19.2 Å². The summed E-state index contributed by atoms with van der Waals surface area (Å²) in [6.07, 6.45) is 0.961. The number of rotatable bonds is 7. The quantitative estimate of drug-likeness (QED) is 0.594. The topological polar surface area (TPSA) is 109 Å². The van der Waals surface area contributed by atoms with Crippen LogP contribution in [0.5, 0.6) is 5.75 Å². The van der Waals surface area contributed by atoms with Crippen molar-refractivity contribution in [1.29, 1.82) is 0 Å². The summed E-state index contributed by atoms with van der Waals surface area (Å²) in [4.78, 5) is 16.8. The summed E-state index contributed by atoms with van der Waals surface area (Å²) in [7, 11) is 1.62. The van der Waals surface area contributed by atoms with Crippen molar-refractivity contribution in [3.63, 3.8) is 0 Å². The minimum absolute atomic E-state index is 0.178. The van der Waals surface area contributed by atoms with Gasteiger partial charge in [-0.3, -0.25) is 20.3 Å². The minimum Gasteiger partial charge on any atom is -0.497 e. The molecule has 0 aliphatic rings. The van der Waals surface area contributed by atoms with E-state index in [1.54, 1.807) is 7.11 Å². The molecule has 1 aromatic carbocycles. The first-order chi connectivity index (χ1) is 13.0. The number of anilines is 1. The molecule has 8 nitrogen and oxygen atoms in total. The predicted molar refractivity (Wildman–Crippen MR) is 103 cm³/mol. The molecule has 3 N–H and O–H groups in total. The fourth-order valence-electron chi connectivity index (χ4n) is 2.81. The molecule has 0 saturated heterocycles. The average molecular weight is 368 g/mol. The lowest BCUT2D eigenvalue weighted by molar-refractivity contribution is -0.115. The van der Waals surface area contributed by atoms with Gasteiger partial charge in [-0.2, -0.15) is 10.1 Å². The zero-order chi connectivity index (χ0) is 19.4. The molecule has 3 aromatic rings. The Kier molecular flexibility index (Phi) is 5.54. The van der Waals surface area contributed by atoms with Crippen molar-refractivity contribution in [1.82, 2.24) is 25.4 Å². The van der Waals surface area contributed by atoms with E-state index >= 15 is 0 Å². The Bertz CT molecular complexity index is 911. The largest absolute Gasteiger partial charge is 0.497 e. The highest BCUT2D eigenvalue weighted by molar-refractivity contribution is 5.92. The Labute approximate surface area is 157 Å². The van der Waals surface area contributed by atoms with Crippen LogP contribution in [0.4, 0.5) is 5.95 Å². The number of aryl methyl sites for hydroxylation is 1. The van der Waals surface area contributed by atoms with Gasteiger partial charge in [0.1, 0.15) is 11.6 Å². The molecule has 0 atom stereocenters. The molecule has 0 spiro atoms. The Morgan fingerprint density at radius 1 is 1.19 bits per heavy atom. The van der Waals surface area contributed by atoms with Crippen molar-refractivity contribution in [2.75, 3.05) is 12.4 Å². The molecule has 0 saturated carbocycles. The normalized spacial score (nSPS) is 11.0. The first-order valence-electron chi connectivity index (χ1n) is 8.85. The summed E-state index contributed by atoms with van der Waals surface area (Å²) < 4.78 is 5.19. The van der Waals surface area contributed by atoms with Crippen LogP contribution in [-0.2, 0) is 17.6 Å². The summed E-state index contributed by atoms with van der Waals surface area (Å²) in [5.41, 5.74) is 3.36. The summed E-state index contributed by atoms with van der Waals surface area (Å²) in [5, 5.41) is 17.0. The fraction of sp³-hybridized carbons (Fsp3) is 0.368. The summed E-state index contributed by atoms with van der Waals surface area (Å²) >= 11 is 0. The van der Waals surface area contributed by atoms with E-state index in [2.05, 4.69) is 44.5 Å². The molecule has 0 aliphatic heterocycles. The molecule has 142 valence electrons. The number of amides is 1. The number of nitrogens with zero attached hydrogens (tertiary/aromatic N) is 3. The molecule has 0 bridgehead atoms. The van der Waals surface area contributed by atoms with Crippen LogP contribution in [0, 0.1) is 12.8 Å². The molecule has 0 fully saturated rings. The Hall–Kier alpha value is -3.16. The number of ether oxygens (including phenoxy) is 1. The monoisotopic (exact) mass is 368 g/mol. The van der Waals surface area contributed by atoms with Crippen LogP contribution in [-0.4, -0.2) is 38.4 Å². The molecule has 0 unspecified atom stereocenters. The van der Waals surface area contributed by atoms with Gasteiger partial charge < -0.3 is 4.74 Å².